The lowest BCUT2D eigenvalue weighted by atomic mass is 10.1. The zero-order chi connectivity index (χ0) is 20.1. The number of carbonyl (C=O) groups is 2. The number of nitro groups is 1. The zero-order valence-electron chi connectivity index (χ0n) is 14.9. The van der Waals surface area contributed by atoms with Crippen molar-refractivity contribution >= 4 is 34.6 Å². The Morgan fingerprint density at radius 3 is 2.82 bits per heavy atom. The fourth-order valence-corrected chi connectivity index (χ4v) is 2.62. The SMILES string of the molecule is Cc1ccc(C(=O)NCC(=O)NN=Cc2c[nH]c3ccccc23)cc1[N+](=O)[O-]. The molecule has 28 heavy (non-hydrogen) atoms. The van der Waals surface area contributed by atoms with Crippen molar-refractivity contribution < 1.29 is 14.5 Å². The Hall–Kier alpha value is -4.01. The van der Waals surface area contributed by atoms with E-state index in [0.29, 0.717) is 5.56 Å². The van der Waals surface area contributed by atoms with Gasteiger partial charge in [0.2, 0.25) is 0 Å². The molecule has 3 N–H and O–H groups in total. The molecule has 0 aliphatic rings. The van der Waals surface area contributed by atoms with Gasteiger partial charge in [-0.3, -0.25) is 19.7 Å². The summed E-state index contributed by atoms with van der Waals surface area (Å²) in [6.07, 6.45) is 3.27. The number of hydrogen-bond donors (Lipinski definition) is 3. The highest BCUT2D eigenvalue weighted by Crippen LogP contribution is 2.19. The second kappa shape index (κ2) is 8.12. The summed E-state index contributed by atoms with van der Waals surface area (Å²) >= 11 is 0. The molecule has 9 nitrogen and oxygen atoms in total. The van der Waals surface area contributed by atoms with Gasteiger partial charge in [-0.1, -0.05) is 24.3 Å². The van der Waals surface area contributed by atoms with Gasteiger partial charge in [0, 0.05) is 39.9 Å². The fourth-order valence-electron chi connectivity index (χ4n) is 2.62. The van der Waals surface area contributed by atoms with E-state index in [1.807, 2.05) is 24.3 Å². The van der Waals surface area contributed by atoms with Gasteiger partial charge in [-0.05, 0) is 19.1 Å². The molecule has 2 amide bonds. The van der Waals surface area contributed by atoms with Gasteiger partial charge >= 0.3 is 0 Å². The number of nitrogens with zero attached hydrogens (tertiary/aromatic N) is 2. The molecule has 0 saturated carbocycles. The predicted octanol–water partition coefficient (Wildman–Crippen LogP) is 2.26. The van der Waals surface area contributed by atoms with Crippen LogP contribution in [0.15, 0.2) is 53.8 Å². The lowest BCUT2D eigenvalue weighted by molar-refractivity contribution is -0.385. The van der Waals surface area contributed by atoms with Crippen LogP contribution in [0, 0.1) is 17.0 Å². The van der Waals surface area contributed by atoms with E-state index in [1.165, 1.54) is 24.4 Å². The van der Waals surface area contributed by atoms with Crippen molar-refractivity contribution in [1.29, 1.82) is 0 Å². The molecule has 1 heterocycles. The van der Waals surface area contributed by atoms with Gasteiger partial charge in [0.1, 0.15) is 0 Å². The van der Waals surface area contributed by atoms with Crippen LogP contribution in [0.3, 0.4) is 0 Å². The highest BCUT2D eigenvalue weighted by atomic mass is 16.6. The lowest BCUT2D eigenvalue weighted by Crippen LogP contribution is -2.34. The first kappa shape index (κ1) is 18.8. The highest BCUT2D eigenvalue weighted by molar-refractivity contribution is 5.99. The second-order valence-corrected chi connectivity index (χ2v) is 6.02. The summed E-state index contributed by atoms with van der Waals surface area (Å²) in [6, 6.07) is 11.8. The Kier molecular flexibility index (Phi) is 5.45. The normalized spacial score (nSPS) is 10.9. The summed E-state index contributed by atoms with van der Waals surface area (Å²) in [6.45, 7) is 1.27. The van der Waals surface area contributed by atoms with Crippen molar-refractivity contribution in [2.75, 3.05) is 6.54 Å². The Balaban J connectivity index is 1.55. The molecule has 0 saturated heterocycles. The number of hydrazone groups is 1. The number of carbonyl (C=O) groups excluding carboxylic acids is 2. The number of hydrogen-bond acceptors (Lipinski definition) is 5. The first-order valence-electron chi connectivity index (χ1n) is 8.37. The monoisotopic (exact) mass is 379 g/mol. The second-order valence-electron chi connectivity index (χ2n) is 6.02. The Morgan fingerprint density at radius 2 is 2.04 bits per heavy atom. The molecular weight excluding hydrogens is 362 g/mol. The maximum Gasteiger partial charge on any atom is 0.273 e. The van der Waals surface area contributed by atoms with Crippen LogP contribution in [0.25, 0.3) is 10.9 Å². The number of nitro benzene ring substituents is 1. The Morgan fingerprint density at radius 1 is 1.25 bits per heavy atom. The van der Waals surface area contributed by atoms with E-state index in [0.717, 1.165) is 16.5 Å². The quantitative estimate of drug-likeness (QED) is 0.344. The molecule has 0 radical (unpaired) electrons. The number of rotatable bonds is 6. The van der Waals surface area contributed by atoms with Crippen molar-refractivity contribution in [3.63, 3.8) is 0 Å². The molecule has 1 aromatic heterocycles. The van der Waals surface area contributed by atoms with Gasteiger partial charge in [-0.25, -0.2) is 5.43 Å². The number of aryl methyl sites for hydroxylation is 1. The third-order valence-corrected chi connectivity index (χ3v) is 4.09. The average molecular weight is 379 g/mol. The van der Waals surface area contributed by atoms with Crippen LogP contribution in [0.1, 0.15) is 21.5 Å². The van der Waals surface area contributed by atoms with E-state index in [1.54, 1.807) is 13.1 Å². The van der Waals surface area contributed by atoms with Crippen LogP contribution in [0.2, 0.25) is 0 Å². The van der Waals surface area contributed by atoms with Crippen LogP contribution >= 0.6 is 0 Å². The maximum atomic E-state index is 12.1. The number of benzene rings is 2. The van der Waals surface area contributed by atoms with Crippen LogP contribution in [0.4, 0.5) is 5.69 Å². The zero-order valence-corrected chi connectivity index (χ0v) is 14.9. The lowest BCUT2D eigenvalue weighted by Gasteiger charge is -2.05. The number of amides is 2. The van der Waals surface area contributed by atoms with Crippen LogP contribution in [-0.4, -0.2) is 34.5 Å². The molecule has 9 heteroatoms. The molecular formula is C19H17N5O4. The Bertz CT molecular complexity index is 1090. The molecule has 0 aliphatic carbocycles. The molecule has 3 rings (SSSR count). The number of aromatic amines is 1. The summed E-state index contributed by atoms with van der Waals surface area (Å²) in [5, 5.41) is 18.2. The van der Waals surface area contributed by atoms with Gasteiger partial charge in [-0.15, -0.1) is 0 Å². The summed E-state index contributed by atoms with van der Waals surface area (Å²) in [4.78, 5) is 37.4. The number of nitrogens with one attached hydrogen (secondary N) is 3. The topological polar surface area (TPSA) is 129 Å². The predicted molar refractivity (Wildman–Crippen MR) is 104 cm³/mol. The molecule has 0 fully saturated rings. The highest BCUT2D eigenvalue weighted by Gasteiger charge is 2.15. The van der Waals surface area contributed by atoms with E-state index in [4.69, 9.17) is 0 Å². The third kappa shape index (κ3) is 4.21. The molecule has 0 aliphatic heterocycles. The molecule has 0 bridgehead atoms. The van der Waals surface area contributed by atoms with Crippen LogP contribution in [-0.2, 0) is 4.79 Å². The number of fused-ring (bicyclic) bond motifs is 1. The minimum Gasteiger partial charge on any atom is -0.361 e. The summed E-state index contributed by atoms with van der Waals surface area (Å²) in [5.41, 5.74) is 4.49. The van der Waals surface area contributed by atoms with Crippen molar-refractivity contribution in [3.05, 3.63) is 75.5 Å². The number of aromatic nitrogens is 1. The number of para-hydroxylation sites is 1. The Labute approximate surface area is 159 Å². The van der Waals surface area contributed by atoms with Crippen molar-refractivity contribution in [3.8, 4) is 0 Å². The third-order valence-electron chi connectivity index (χ3n) is 4.09. The van der Waals surface area contributed by atoms with Crippen LogP contribution in [0.5, 0.6) is 0 Å². The summed E-state index contributed by atoms with van der Waals surface area (Å²) in [5.74, 6) is -1.11. The largest absolute Gasteiger partial charge is 0.361 e. The standard InChI is InChI=1S/C19H17N5O4/c1-12-6-7-13(8-17(12)24(27)28)19(26)21-11-18(25)23-22-10-14-9-20-16-5-3-2-4-15(14)16/h2-10,20H,11H2,1H3,(H,21,26)(H,23,25). The minimum atomic E-state index is -0.584. The molecule has 0 unspecified atom stereocenters. The first-order valence-corrected chi connectivity index (χ1v) is 8.37. The van der Waals surface area contributed by atoms with E-state index in [9.17, 15) is 19.7 Å². The fraction of sp³-hybridized carbons (Fsp3) is 0.105. The molecule has 0 atom stereocenters. The molecule has 142 valence electrons. The maximum absolute atomic E-state index is 12.1. The van der Waals surface area contributed by atoms with E-state index >= 15 is 0 Å². The van der Waals surface area contributed by atoms with E-state index in [-0.39, 0.29) is 17.8 Å². The summed E-state index contributed by atoms with van der Waals surface area (Å²) < 4.78 is 0. The van der Waals surface area contributed by atoms with Crippen molar-refractivity contribution in [1.82, 2.24) is 15.7 Å². The van der Waals surface area contributed by atoms with E-state index in [2.05, 4.69) is 20.8 Å². The van der Waals surface area contributed by atoms with Crippen molar-refractivity contribution in [2.24, 2.45) is 5.10 Å². The van der Waals surface area contributed by atoms with Gasteiger partial charge < -0.3 is 10.3 Å². The first-order chi connectivity index (χ1) is 13.5. The van der Waals surface area contributed by atoms with Gasteiger partial charge in [0.05, 0.1) is 17.7 Å². The van der Waals surface area contributed by atoms with Gasteiger partial charge in [-0.2, -0.15) is 5.10 Å². The molecule has 3 aromatic rings. The smallest absolute Gasteiger partial charge is 0.273 e. The molecule has 0 spiro atoms. The number of H-pyrrole nitrogens is 1. The van der Waals surface area contributed by atoms with Crippen LogP contribution < -0.4 is 10.7 Å². The average Bonchev–Trinajstić information content (AvgIpc) is 3.09. The molecule has 2 aromatic carbocycles. The van der Waals surface area contributed by atoms with Crippen molar-refractivity contribution in [2.45, 2.75) is 6.92 Å². The van der Waals surface area contributed by atoms with Gasteiger partial charge in [0.25, 0.3) is 17.5 Å². The minimum absolute atomic E-state index is 0.104. The van der Waals surface area contributed by atoms with E-state index < -0.39 is 16.7 Å². The summed E-state index contributed by atoms with van der Waals surface area (Å²) in [7, 11) is 0. The van der Waals surface area contributed by atoms with Gasteiger partial charge in [0.15, 0.2) is 0 Å².